The molecule has 28 heavy (non-hydrogen) atoms. The Morgan fingerprint density at radius 3 is 2.18 bits per heavy atom. The molecule has 0 aromatic heterocycles. The molecule has 0 bridgehead atoms. The molecule has 0 unspecified atom stereocenters. The van der Waals surface area contributed by atoms with Crippen molar-refractivity contribution in [2.45, 2.75) is 12.4 Å². The van der Waals surface area contributed by atoms with Gasteiger partial charge in [-0.2, -0.15) is 26.3 Å². The van der Waals surface area contributed by atoms with E-state index in [2.05, 4.69) is 5.16 Å². The minimum atomic E-state index is -4.74. The highest BCUT2D eigenvalue weighted by Gasteiger charge is 2.35. The Hall–Kier alpha value is -3.17. The van der Waals surface area contributed by atoms with Gasteiger partial charge in [0.15, 0.2) is 5.84 Å². The van der Waals surface area contributed by atoms with E-state index in [9.17, 15) is 26.3 Å². The van der Waals surface area contributed by atoms with Crippen LogP contribution < -0.4 is 10.5 Å². The molecule has 3 N–H and O–H groups in total. The molecule has 2 rings (SSSR count). The predicted molar refractivity (Wildman–Crippen MR) is 89.9 cm³/mol. The molecule has 0 fully saturated rings. The number of rotatable bonds is 5. The Balaban J connectivity index is 2.11. The summed E-state index contributed by atoms with van der Waals surface area (Å²) in [6, 6.07) is 7.16. The lowest BCUT2D eigenvalue weighted by atomic mass is 10.1. The maximum Gasteiger partial charge on any atom is 0.419 e. The second-order valence-electron chi connectivity index (χ2n) is 5.53. The van der Waals surface area contributed by atoms with Crippen molar-refractivity contribution in [1.82, 2.24) is 0 Å². The third kappa shape index (κ3) is 5.41. The van der Waals surface area contributed by atoms with Crippen LogP contribution in [0.25, 0.3) is 6.08 Å². The quantitative estimate of drug-likeness (QED) is 0.245. The van der Waals surface area contributed by atoms with Crippen LogP contribution in [-0.2, 0) is 12.4 Å². The molecular weight excluding hydrogens is 390 g/mol. The van der Waals surface area contributed by atoms with Gasteiger partial charge in [0, 0.05) is 5.56 Å². The van der Waals surface area contributed by atoms with Gasteiger partial charge in [-0.05, 0) is 42.0 Å². The van der Waals surface area contributed by atoms with Crippen molar-refractivity contribution in [3.8, 4) is 5.75 Å². The lowest BCUT2D eigenvalue weighted by molar-refractivity contribution is -0.139. The Bertz CT molecular complexity index is 871. The monoisotopic (exact) mass is 404 g/mol. The van der Waals surface area contributed by atoms with E-state index in [0.717, 1.165) is 18.2 Å². The zero-order chi connectivity index (χ0) is 20.9. The zero-order valence-electron chi connectivity index (χ0n) is 14.1. The second-order valence-corrected chi connectivity index (χ2v) is 5.53. The topological polar surface area (TPSA) is 67.8 Å². The Morgan fingerprint density at radius 1 is 1.00 bits per heavy atom. The summed E-state index contributed by atoms with van der Waals surface area (Å²) in [5.74, 6) is -0.960. The van der Waals surface area contributed by atoms with Gasteiger partial charge in [0.05, 0.1) is 11.1 Å². The number of amidine groups is 1. The minimum absolute atomic E-state index is 0.137. The molecule has 150 valence electrons. The molecule has 0 amide bonds. The van der Waals surface area contributed by atoms with Crippen LogP contribution in [0.5, 0.6) is 5.75 Å². The van der Waals surface area contributed by atoms with Crippen LogP contribution in [-0.4, -0.2) is 17.6 Å². The number of hydrogen-bond acceptors (Lipinski definition) is 3. The molecular formula is C18H14F6N2O2. The molecule has 0 atom stereocenters. The smallest absolute Gasteiger partial charge is 0.419 e. The van der Waals surface area contributed by atoms with E-state index in [4.69, 9.17) is 15.7 Å². The lowest BCUT2D eigenvalue weighted by Crippen LogP contribution is -2.16. The van der Waals surface area contributed by atoms with Crippen molar-refractivity contribution in [1.29, 1.82) is 0 Å². The SMILES string of the molecule is N/C(=N\O)c1ccc(OC/C=C/c2ccc(C(F)(F)F)cc2)c(C(F)(F)F)c1. The van der Waals surface area contributed by atoms with Crippen molar-refractivity contribution in [3.63, 3.8) is 0 Å². The summed E-state index contributed by atoms with van der Waals surface area (Å²) < 4.78 is 82.1. The summed E-state index contributed by atoms with van der Waals surface area (Å²) in [4.78, 5) is 0. The van der Waals surface area contributed by atoms with Gasteiger partial charge in [0.25, 0.3) is 0 Å². The van der Waals surface area contributed by atoms with Crippen molar-refractivity contribution < 1.29 is 36.3 Å². The van der Waals surface area contributed by atoms with Crippen LogP contribution in [0.15, 0.2) is 53.7 Å². The van der Waals surface area contributed by atoms with Gasteiger partial charge in [0.2, 0.25) is 0 Å². The van der Waals surface area contributed by atoms with E-state index in [1.807, 2.05) is 0 Å². The Kier molecular flexibility index (Phi) is 6.22. The highest BCUT2D eigenvalue weighted by Crippen LogP contribution is 2.37. The van der Waals surface area contributed by atoms with Gasteiger partial charge in [-0.3, -0.25) is 0 Å². The van der Waals surface area contributed by atoms with E-state index < -0.39 is 35.1 Å². The highest BCUT2D eigenvalue weighted by molar-refractivity contribution is 5.97. The molecule has 0 saturated heterocycles. The van der Waals surface area contributed by atoms with Crippen LogP contribution in [0.1, 0.15) is 22.3 Å². The summed E-state index contributed by atoms with van der Waals surface area (Å²) in [5.41, 5.74) is 3.66. The summed E-state index contributed by atoms with van der Waals surface area (Å²) in [6.07, 6.45) is -6.41. The third-order valence-corrected chi connectivity index (χ3v) is 3.57. The molecule has 10 heteroatoms. The standard InChI is InChI=1S/C18H14F6N2O2/c19-17(20,21)13-6-3-11(4-7-13)2-1-9-28-15-8-5-12(16(25)26-27)10-14(15)18(22,23)24/h1-8,10,27H,9H2,(H2,25,26)/b2-1+. The largest absolute Gasteiger partial charge is 0.489 e. The molecule has 2 aromatic rings. The molecule has 0 aliphatic heterocycles. The maximum atomic E-state index is 13.2. The maximum absolute atomic E-state index is 13.2. The molecule has 0 aliphatic carbocycles. The average molecular weight is 404 g/mol. The van der Waals surface area contributed by atoms with E-state index >= 15 is 0 Å². The van der Waals surface area contributed by atoms with E-state index in [1.54, 1.807) is 0 Å². The van der Waals surface area contributed by atoms with Gasteiger partial charge >= 0.3 is 12.4 Å². The fraction of sp³-hybridized carbons (Fsp3) is 0.167. The van der Waals surface area contributed by atoms with Crippen LogP contribution in [0.4, 0.5) is 26.3 Å². The highest BCUT2D eigenvalue weighted by atomic mass is 19.4. The summed E-state index contributed by atoms with van der Waals surface area (Å²) in [7, 11) is 0. The van der Waals surface area contributed by atoms with Crippen LogP contribution in [0.2, 0.25) is 0 Å². The van der Waals surface area contributed by atoms with Crippen LogP contribution in [0.3, 0.4) is 0 Å². The number of benzene rings is 2. The molecule has 0 radical (unpaired) electrons. The second kappa shape index (κ2) is 8.24. The number of alkyl halides is 6. The van der Waals surface area contributed by atoms with Gasteiger partial charge in [-0.1, -0.05) is 23.4 Å². The predicted octanol–water partition coefficient (Wildman–Crippen LogP) is 4.91. The lowest BCUT2D eigenvalue weighted by Gasteiger charge is -2.14. The van der Waals surface area contributed by atoms with Crippen LogP contribution >= 0.6 is 0 Å². The van der Waals surface area contributed by atoms with Crippen LogP contribution in [0, 0.1) is 0 Å². The normalized spacial score (nSPS) is 13.1. The molecule has 0 spiro atoms. The molecule has 0 heterocycles. The number of nitrogens with two attached hydrogens (primary N) is 1. The van der Waals surface area contributed by atoms with Gasteiger partial charge in [0.1, 0.15) is 12.4 Å². The molecule has 0 saturated carbocycles. The summed E-state index contributed by atoms with van der Waals surface area (Å²) in [6.45, 7) is -0.257. The first-order valence-corrected chi connectivity index (χ1v) is 7.68. The van der Waals surface area contributed by atoms with Gasteiger partial charge in [-0.15, -0.1) is 0 Å². The van der Waals surface area contributed by atoms with Crippen molar-refractivity contribution in [2.75, 3.05) is 6.61 Å². The third-order valence-electron chi connectivity index (χ3n) is 3.57. The number of hydrogen-bond donors (Lipinski definition) is 2. The molecule has 2 aromatic carbocycles. The number of ether oxygens (including phenoxy) is 1. The zero-order valence-corrected chi connectivity index (χ0v) is 14.1. The van der Waals surface area contributed by atoms with Gasteiger partial charge < -0.3 is 15.7 Å². The fourth-order valence-corrected chi connectivity index (χ4v) is 2.20. The number of oxime groups is 1. The number of nitrogens with zero attached hydrogens (tertiary/aromatic N) is 1. The first kappa shape index (κ1) is 21.1. The van der Waals surface area contributed by atoms with E-state index in [-0.39, 0.29) is 12.2 Å². The van der Waals surface area contributed by atoms with Crippen molar-refractivity contribution in [2.24, 2.45) is 10.9 Å². The van der Waals surface area contributed by atoms with Gasteiger partial charge in [-0.25, -0.2) is 0 Å². The average Bonchev–Trinajstić information content (AvgIpc) is 2.63. The Labute approximate surface area is 155 Å². The molecule has 0 aliphatic rings. The number of halogens is 6. The fourth-order valence-electron chi connectivity index (χ4n) is 2.20. The molecule has 4 nitrogen and oxygen atoms in total. The summed E-state index contributed by atoms with van der Waals surface area (Å²) >= 11 is 0. The van der Waals surface area contributed by atoms with E-state index in [1.165, 1.54) is 30.4 Å². The Morgan fingerprint density at radius 2 is 1.64 bits per heavy atom. The minimum Gasteiger partial charge on any atom is -0.489 e. The first-order chi connectivity index (χ1) is 13.0. The summed E-state index contributed by atoms with van der Waals surface area (Å²) in [5, 5.41) is 11.2. The van der Waals surface area contributed by atoms with Crippen molar-refractivity contribution >= 4 is 11.9 Å². The van der Waals surface area contributed by atoms with E-state index in [0.29, 0.717) is 11.6 Å². The first-order valence-electron chi connectivity index (χ1n) is 7.68. The van der Waals surface area contributed by atoms with Crippen molar-refractivity contribution in [3.05, 3.63) is 70.8 Å².